The second-order valence-corrected chi connectivity index (χ2v) is 6.15. The van der Waals surface area contributed by atoms with Gasteiger partial charge in [-0.25, -0.2) is 18.1 Å². The molecule has 0 saturated carbocycles. The van der Waals surface area contributed by atoms with Crippen molar-refractivity contribution in [2.24, 2.45) is 7.05 Å². The maximum atomic E-state index is 11.1. The Morgan fingerprint density at radius 3 is 2.87 bits per heavy atom. The van der Waals surface area contributed by atoms with Crippen LogP contribution in [0.3, 0.4) is 0 Å². The van der Waals surface area contributed by atoms with Gasteiger partial charge >= 0.3 is 0 Å². The average molecular weight is 249 g/mol. The van der Waals surface area contributed by atoms with Crippen molar-refractivity contribution in [1.82, 2.24) is 14.3 Å². The Bertz CT molecular complexity index is 400. The molecule has 0 bridgehead atoms. The van der Waals surface area contributed by atoms with Crippen molar-refractivity contribution in [1.29, 1.82) is 0 Å². The number of aromatic nitrogens is 2. The number of aryl methyl sites for hydroxylation is 1. The van der Waals surface area contributed by atoms with Crippen LogP contribution in [0.5, 0.6) is 0 Å². The van der Waals surface area contributed by atoms with Gasteiger partial charge < -0.3 is 4.57 Å². The van der Waals surface area contributed by atoms with Gasteiger partial charge in [-0.3, -0.25) is 0 Å². The molecule has 0 aliphatic rings. The van der Waals surface area contributed by atoms with Crippen LogP contribution in [0.2, 0.25) is 0 Å². The molecule has 1 aromatic heterocycles. The number of nitrogens with one attached hydrogen (secondary N) is 1. The number of imidazole rings is 1. The lowest BCUT2D eigenvalue weighted by atomic mass is 10.6. The molecule has 0 spiro atoms. The topological polar surface area (TPSA) is 64.0 Å². The molecular formula is C8H15N3O2S2. The second-order valence-electron chi connectivity index (χ2n) is 3.05. The SMILES string of the molecule is CNS(=O)(=O)CCCSc1nccn1C. The van der Waals surface area contributed by atoms with Gasteiger partial charge in [0.25, 0.3) is 0 Å². The fourth-order valence-corrected chi connectivity index (χ4v) is 2.79. The number of nitrogens with zero attached hydrogens (tertiary/aromatic N) is 2. The lowest BCUT2D eigenvalue weighted by Crippen LogP contribution is -2.22. The third-order valence-electron chi connectivity index (χ3n) is 1.88. The van der Waals surface area contributed by atoms with Gasteiger partial charge in [0.05, 0.1) is 5.75 Å². The van der Waals surface area contributed by atoms with E-state index in [1.165, 1.54) is 7.05 Å². The molecule has 1 N–H and O–H groups in total. The van der Waals surface area contributed by atoms with Crippen LogP contribution in [-0.2, 0) is 17.1 Å². The first-order valence-corrected chi connectivity index (χ1v) is 7.20. The van der Waals surface area contributed by atoms with Crippen LogP contribution >= 0.6 is 11.8 Å². The first-order chi connectivity index (χ1) is 7.05. The summed E-state index contributed by atoms with van der Waals surface area (Å²) in [4.78, 5) is 4.13. The highest BCUT2D eigenvalue weighted by atomic mass is 32.2. The van der Waals surface area contributed by atoms with E-state index < -0.39 is 10.0 Å². The predicted molar refractivity (Wildman–Crippen MR) is 61.4 cm³/mol. The molecule has 0 aliphatic carbocycles. The number of rotatable bonds is 6. The van der Waals surface area contributed by atoms with Crippen molar-refractivity contribution in [3.63, 3.8) is 0 Å². The standard InChI is InChI=1S/C8H15N3O2S2/c1-9-15(12,13)7-3-6-14-8-10-4-5-11(8)2/h4-5,9H,3,6-7H2,1-2H3. The zero-order valence-electron chi connectivity index (χ0n) is 8.80. The van der Waals surface area contributed by atoms with E-state index in [9.17, 15) is 8.42 Å². The fourth-order valence-electron chi connectivity index (χ4n) is 1.01. The van der Waals surface area contributed by atoms with E-state index in [4.69, 9.17) is 0 Å². The third-order valence-corrected chi connectivity index (χ3v) is 4.47. The van der Waals surface area contributed by atoms with E-state index in [0.717, 1.165) is 10.9 Å². The summed E-state index contributed by atoms with van der Waals surface area (Å²) >= 11 is 1.56. The molecule has 0 aliphatic heterocycles. The van der Waals surface area contributed by atoms with E-state index in [0.29, 0.717) is 6.42 Å². The lowest BCUT2D eigenvalue weighted by molar-refractivity contribution is 0.587. The summed E-state index contributed by atoms with van der Waals surface area (Å²) in [7, 11) is 0.287. The van der Waals surface area contributed by atoms with Crippen LogP contribution in [0.1, 0.15) is 6.42 Å². The van der Waals surface area contributed by atoms with E-state index in [2.05, 4.69) is 9.71 Å². The average Bonchev–Trinajstić information content (AvgIpc) is 2.59. The minimum absolute atomic E-state index is 0.168. The molecule has 0 atom stereocenters. The first-order valence-electron chi connectivity index (χ1n) is 4.56. The summed E-state index contributed by atoms with van der Waals surface area (Å²) in [5.41, 5.74) is 0. The summed E-state index contributed by atoms with van der Waals surface area (Å²) in [6, 6.07) is 0. The summed E-state index contributed by atoms with van der Waals surface area (Å²) in [6.45, 7) is 0. The molecule has 0 fully saturated rings. The molecule has 0 amide bonds. The van der Waals surface area contributed by atoms with E-state index in [1.807, 2.05) is 17.8 Å². The molecule has 1 aromatic rings. The molecule has 0 unspecified atom stereocenters. The van der Waals surface area contributed by atoms with Crippen LogP contribution in [0, 0.1) is 0 Å². The zero-order valence-corrected chi connectivity index (χ0v) is 10.4. The quantitative estimate of drug-likeness (QED) is 0.587. The summed E-state index contributed by atoms with van der Waals surface area (Å²) in [5, 5.41) is 0.914. The fraction of sp³-hybridized carbons (Fsp3) is 0.625. The molecule has 15 heavy (non-hydrogen) atoms. The summed E-state index contributed by atoms with van der Waals surface area (Å²) in [6.07, 6.45) is 4.22. The molecule has 0 radical (unpaired) electrons. The van der Waals surface area contributed by atoms with E-state index >= 15 is 0 Å². The van der Waals surface area contributed by atoms with Gasteiger partial charge in [-0.15, -0.1) is 0 Å². The zero-order chi connectivity index (χ0) is 11.3. The Balaban J connectivity index is 2.26. The molecule has 1 rings (SSSR count). The van der Waals surface area contributed by atoms with E-state index in [1.54, 1.807) is 18.0 Å². The van der Waals surface area contributed by atoms with Gasteiger partial charge in [0.1, 0.15) is 0 Å². The Hall–Kier alpha value is -0.530. The molecule has 0 saturated heterocycles. The third kappa shape index (κ3) is 4.23. The second kappa shape index (κ2) is 5.53. The Labute approximate surface area is 94.3 Å². The molecule has 0 aromatic carbocycles. The maximum Gasteiger partial charge on any atom is 0.211 e. The van der Waals surface area contributed by atoms with Crippen molar-refractivity contribution in [2.75, 3.05) is 18.6 Å². The molecule has 5 nitrogen and oxygen atoms in total. The predicted octanol–water partition coefficient (Wildman–Crippen LogP) is 0.451. The smallest absolute Gasteiger partial charge is 0.211 e. The highest BCUT2D eigenvalue weighted by Crippen LogP contribution is 2.15. The Morgan fingerprint density at radius 2 is 2.33 bits per heavy atom. The largest absolute Gasteiger partial charge is 0.329 e. The van der Waals surface area contributed by atoms with Crippen molar-refractivity contribution >= 4 is 21.8 Å². The van der Waals surface area contributed by atoms with Crippen molar-refractivity contribution in [3.05, 3.63) is 12.4 Å². The first kappa shape index (κ1) is 12.5. The maximum absolute atomic E-state index is 11.1. The van der Waals surface area contributed by atoms with Gasteiger partial charge in [-0.05, 0) is 13.5 Å². The molecular weight excluding hydrogens is 234 g/mol. The van der Waals surface area contributed by atoms with Gasteiger partial charge in [0.2, 0.25) is 10.0 Å². The minimum Gasteiger partial charge on any atom is -0.329 e. The van der Waals surface area contributed by atoms with Gasteiger partial charge in [0.15, 0.2) is 5.16 Å². The van der Waals surface area contributed by atoms with Crippen molar-refractivity contribution < 1.29 is 8.42 Å². The lowest BCUT2D eigenvalue weighted by Gasteiger charge is -2.02. The molecule has 1 heterocycles. The highest BCUT2D eigenvalue weighted by molar-refractivity contribution is 7.99. The number of thioether (sulfide) groups is 1. The summed E-state index contributed by atoms with van der Waals surface area (Å²) < 4.78 is 26.4. The van der Waals surface area contributed by atoms with Gasteiger partial charge in [-0.2, -0.15) is 0 Å². The Morgan fingerprint density at radius 1 is 1.60 bits per heavy atom. The van der Waals surface area contributed by atoms with Gasteiger partial charge in [0, 0.05) is 25.2 Å². The highest BCUT2D eigenvalue weighted by Gasteiger charge is 2.06. The van der Waals surface area contributed by atoms with Crippen LogP contribution < -0.4 is 4.72 Å². The molecule has 86 valence electrons. The normalized spacial score (nSPS) is 11.9. The molecule has 7 heteroatoms. The van der Waals surface area contributed by atoms with Crippen LogP contribution in [0.25, 0.3) is 0 Å². The minimum atomic E-state index is -3.06. The monoisotopic (exact) mass is 249 g/mol. The van der Waals surface area contributed by atoms with E-state index in [-0.39, 0.29) is 5.75 Å². The van der Waals surface area contributed by atoms with Crippen LogP contribution in [0.4, 0.5) is 0 Å². The number of sulfonamides is 1. The van der Waals surface area contributed by atoms with Crippen LogP contribution in [0.15, 0.2) is 17.6 Å². The number of hydrogen-bond acceptors (Lipinski definition) is 4. The summed E-state index contributed by atoms with van der Waals surface area (Å²) in [5.74, 6) is 0.923. The van der Waals surface area contributed by atoms with Crippen molar-refractivity contribution in [2.45, 2.75) is 11.6 Å². The Kier molecular flexibility index (Phi) is 4.62. The van der Waals surface area contributed by atoms with Crippen LogP contribution in [-0.4, -0.2) is 36.5 Å². The van der Waals surface area contributed by atoms with Crippen molar-refractivity contribution in [3.8, 4) is 0 Å². The van der Waals surface area contributed by atoms with Gasteiger partial charge in [-0.1, -0.05) is 11.8 Å². The number of hydrogen-bond donors (Lipinski definition) is 1.